The Kier molecular flexibility index (Phi) is 4.79. The van der Waals surface area contributed by atoms with Gasteiger partial charge in [-0.05, 0) is 54.3 Å². The van der Waals surface area contributed by atoms with Crippen molar-refractivity contribution in [3.8, 4) is 17.4 Å². The first-order chi connectivity index (χ1) is 11.7. The Morgan fingerprint density at radius 2 is 1.71 bits per heavy atom. The van der Waals surface area contributed by atoms with Crippen molar-refractivity contribution in [2.24, 2.45) is 0 Å². The Morgan fingerprint density at radius 1 is 0.833 bits per heavy atom. The van der Waals surface area contributed by atoms with Crippen LogP contribution in [-0.2, 0) is 12.8 Å². The van der Waals surface area contributed by atoms with Gasteiger partial charge in [0.1, 0.15) is 17.8 Å². The molecule has 0 saturated carbocycles. The second-order valence-electron chi connectivity index (χ2n) is 5.41. The van der Waals surface area contributed by atoms with Gasteiger partial charge < -0.3 is 14.2 Å². The number of aryl methyl sites for hydroxylation is 2. The van der Waals surface area contributed by atoms with Crippen LogP contribution in [0.2, 0.25) is 0 Å². The van der Waals surface area contributed by atoms with Crippen molar-refractivity contribution in [2.45, 2.75) is 12.8 Å². The molecule has 0 amide bonds. The first-order valence-corrected chi connectivity index (χ1v) is 7.73. The molecule has 0 atom stereocenters. The van der Waals surface area contributed by atoms with Crippen LogP contribution in [0.15, 0.2) is 42.7 Å². The van der Waals surface area contributed by atoms with Gasteiger partial charge in [-0.1, -0.05) is 6.07 Å². The normalized spacial score (nSPS) is 10.6. The molecule has 5 heteroatoms. The molecule has 0 fully saturated rings. The van der Waals surface area contributed by atoms with Crippen molar-refractivity contribution < 1.29 is 14.2 Å². The lowest BCUT2D eigenvalue weighted by Gasteiger charge is -2.11. The molecule has 1 aromatic heterocycles. The topological polar surface area (TPSA) is 53.5 Å². The molecule has 124 valence electrons. The lowest BCUT2D eigenvalue weighted by atomic mass is 10.0. The molecule has 0 aliphatic carbocycles. The first kappa shape index (κ1) is 16.1. The molecule has 0 saturated heterocycles. The van der Waals surface area contributed by atoms with Gasteiger partial charge in [-0.15, -0.1) is 0 Å². The standard InChI is InChI=1S/C19H20N2O3/c1-22-15-7-9-18(23-2)14(11-15)6-4-13-5-8-17-16(10-13)19(24-3)21-12-20-17/h5,7-12H,4,6H2,1-3H3. The molecule has 0 radical (unpaired) electrons. The summed E-state index contributed by atoms with van der Waals surface area (Å²) in [6.45, 7) is 0. The fraction of sp³-hybridized carbons (Fsp3) is 0.263. The van der Waals surface area contributed by atoms with Gasteiger partial charge in [0.15, 0.2) is 0 Å². The van der Waals surface area contributed by atoms with Crippen molar-refractivity contribution in [1.82, 2.24) is 9.97 Å². The predicted molar refractivity (Wildman–Crippen MR) is 93.0 cm³/mol. The molecular weight excluding hydrogens is 304 g/mol. The van der Waals surface area contributed by atoms with Crippen molar-refractivity contribution in [1.29, 1.82) is 0 Å². The van der Waals surface area contributed by atoms with E-state index in [1.165, 1.54) is 11.9 Å². The fourth-order valence-electron chi connectivity index (χ4n) is 2.75. The Hall–Kier alpha value is -2.82. The molecule has 5 nitrogen and oxygen atoms in total. The van der Waals surface area contributed by atoms with E-state index < -0.39 is 0 Å². The Bertz CT molecular complexity index is 849. The maximum atomic E-state index is 5.44. The Balaban J connectivity index is 1.85. The summed E-state index contributed by atoms with van der Waals surface area (Å²) >= 11 is 0. The number of nitrogens with zero attached hydrogens (tertiary/aromatic N) is 2. The molecule has 3 rings (SSSR count). The number of hydrogen-bond acceptors (Lipinski definition) is 5. The van der Waals surface area contributed by atoms with Crippen LogP contribution in [0.4, 0.5) is 0 Å². The highest BCUT2D eigenvalue weighted by molar-refractivity contribution is 5.83. The van der Waals surface area contributed by atoms with Gasteiger partial charge in [0.25, 0.3) is 0 Å². The number of rotatable bonds is 6. The number of aromatic nitrogens is 2. The minimum Gasteiger partial charge on any atom is -0.497 e. The summed E-state index contributed by atoms with van der Waals surface area (Å²) in [7, 11) is 4.97. The summed E-state index contributed by atoms with van der Waals surface area (Å²) in [6.07, 6.45) is 3.24. The van der Waals surface area contributed by atoms with E-state index in [-0.39, 0.29) is 0 Å². The molecule has 0 spiro atoms. The molecule has 3 aromatic rings. The molecule has 24 heavy (non-hydrogen) atoms. The molecule has 0 aliphatic rings. The third-order valence-electron chi connectivity index (χ3n) is 4.03. The van der Waals surface area contributed by atoms with Crippen LogP contribution in [-0.4, -0.2) is 31.3 Å². The maximum Gasteiger partial charge on any atom is 0.224 e. The van der Waals surface area contributed by atoms with Gasteiger partial charge in [0.05, 0.1) is 32.2 Å². The summed E-state index contributed by atoms with van der Waals surface area (Å²) < 4.78 is 16.1. The molecule has 0 bridgehead atoms. The molecule has 2 aromatic carbocycles. The van der Waals surface area contributed by atoms with Crippen LogP contribution in [0.3, 0.4) is 0 Å². The second kappa shape index (κ2) is 7.17. The van der Waals surface area contributed by atoms with Crippen molar-refractivity contribution in [3.05, 3.63) is 53.9 Å². The SMILES string of the molecule is COc1ccc(OC)c(CCc2ccc3ncnc(OC)c3c2)c1. The lowest BCUT2D eigenvalue weighted by Crippen LogP contribution is -1.97. The molecule has 0 aliphatic heterocycles. The van der Waals surface area contributed by atoms with Crippen LogP contribution in [0.25, 0.3) is 10.9 Å². The molecule has 1 heterocycles. The number of benzene rings is 2. The highest BCUT2D eigenvalue weighted by Crippen LogP contribution is 2.27. The van der Waals surface area contributed by atoms with Crippen LogP contribution < -0.4 is 14.2 Å². The number of methoxy groups -OCH3 is 3. The van der Waals surface area contributed by atoms with Gasteiger partial charge in [0.2, 0.25) is 5.88 Å². The van der Waals surface area contributed by atoms with E-state index in [0.717, 1.165) is 40.8 Å². The minimum atomic E-state index is 0.598. The molecule has 0 N–H and O–H groups in total. The maximum absolute atomic E-state index is 5.44. The third-order valence-corrected chi connectivity index (χ3v) is 4.03. The van der Waals surface area contributed by atoms with Crippen LogP contribution in [0.1, 0.15) is 11.1 Å². The number of hydrogen-bond donors (Lipinski definition) is 0. The smallest absolute Gasteiger partial charge is 0.224 e. The zero-order valence-electron chi connectivity index (χ0n) is 14.1. The largest absolute Gasteiger partial charge is 0.497 e. The van der Waals surface area contributed by atoms with Gasteiger partial charge in [-0.2, -0.15) is 0 Å². The summed E-state index contributed by atoms with van der Waals surface area (Å²) in [4.78, 5) is 8.44. The lowest BCUT2D eigenvalue weighted by molar-refractivity contribution is 0.398. The highest BCUT2D eigenvalue weighted by Gasteiger charge is 2.08. The van der Waals surface area contributed by atoms with E-state index >= 15 is 0 Å². The summed E-state index contributed by atoms with van der Waals surface area (Å²) in [5.41, 5.74) is 3.19. The zero-order valence-corrected chi connectivity index (χ0v) is 14.1. The van der Waals surface area contributed by atoms with E-state index in [0.29, 0.717) is 5.88 Å². The molecular formula is C19H20N2O3. The van der Waals surface area contributed by atoms with Crippen LogP contribution >= 0.6 is 0 Å². The van der Waals surface area contributed by atoms with E-state index in [1.54, 1.807) is 21.3 Å². The Morgan fingerprint density at radius 3 is 2.46 bits per heavy atom. The van der Waals surface area contributed by atoms with Crippen LogP contribution in [0, 0.1) is 0 Å². The van der Waals surface area contributed by atoms with E-state index in [2.05, 4.69) is 22.1 Å². The fourth-order valence-corrected chi connectivity index (χ4v) is 2.75. The van der Waals surface area contributed by atoms with E-state index in [4.69, 9.17) is 14.2 Å². The van der Waals surface area contributed by atoms with E-state index in [9.17, 15) is 0 Å². The molecule has 0 unspecified atom stereocenters. The van der Waals surface area contributed by atoms with E-state index in [1.807, 2.05) is 24.3 Å². The van der Waals surface area contributed by atoms with Crippen LogP contribution in [0.5, 0.6) is 17.4 Å². The summed E-state index contributed by atoms with van der Waals surface area (Å²) in [5.74, 6) is 2.30. The average molecular weight is 324 g/mol. The number of ether oxygens (including phenoxy) is 3. The minimum absolute atomic E-state index is 0.598. The monoisotopic (exact) mass is 324 g/mol. The highest BCUT2D eigenvalue weighted by atomic mass is 16.5. The summed E-state index contributed by atoms with van der Waals surface area (Å²) in [6, 6.07) is 12.0. The zero-order chi connectivity index (χ0) is 16.9. The van der Waals surface area contributed by atoms with Gasteiger partial charge in [-0.3, -0.25) is 0 Å². The second-order valence-corrected chi connectivity index (χ2v) is 5.41. The first-order valence-electron chi connectivity index (χ1n) is 7.73. The quantitative estimate of drug-likeness (QED) is 0.695. The average Bonchev–Trinajstić information content (AvgIpc) is 2.65. The Labute approximate surface area is 141 Å². The predicted octanol–water partition coefficient (Wildman–Crippen LogP) is 3.44. The van der Waals surface area contributed by atoms with Gasteiger partial charge in [-0.25, -0.2) is 9.97 Å². The van der Waals surface area contributed by atoms with Gasteiger partial charge >= 0.3 is 0 Å². The number of fused-ring (bicyclic) bond motifs is 1. The van der Waals surface area contributed by atoms with Crippen molar-refractivity contribution in [2.75, 3.05) is 21.3 Å². The van der Waals surface area contributed by atoms with Crippen molar-refractivity contribution >= 4 is 10.9 Å². The summed E-state index contributed by atoms with van der Waals surface area (Å²) in [5, 5.41) is 0.926. The van der Waals surface area contributed by atoms with Crippen molar-refractivity contribution in [3.63, 3.8) is 0 Å². The van der Waals surface area contributed by atoms with Gasteiger partial charge in [0, 0.05) is 0 Å². The third kappa shape index (κ3) is 3.25.